The van der Waals surface area contributed by atoms with Gasteiger partial charge in [0.1, 0.15) is 0 Å². The molecule has 0 aromatic heterocycles. The van der Waals surface area contributed by atoms with Gasteiger partial charge in [0.2, 0.25) is 0 Å². The molecule has 0 rings (SSSR count). The van der Waals surface area contributed by atoms with E-state index in [0.717, 1.165) is 11.8 Å². The molecular formula is C8H14O4S. The van der Waals surface area contributed by atoms with Crippen LogP contribution in [0.1, 0.15) is 13.8 Å². The van der Waals surface area contributed by atoms with E-state index >= 15 is 0 Å². The maximum Gasteiger partial charge on any atom is 0.315 e. The Morgan fingerprint density at radius 3 is 2.46 bits per heavy atom. The SMILES string of the molecule is CC(C)COC(=O)CSCC(=O)O. The number of hydrogen-bond donors (Lipinski definition) is 1. The monoisotopic (exact) mass is 206 g/mol. The van der Waals surface area contributed by atoms with Crippen LogP contribution < -0.4 is 0 Å². The van der Waals surface area contributed by atoms with Crippen molar-refractivity contribution in [3.63, 3.8) is 0 Å². The van der Waals surface area contributed by atoms with Crippen molar-refractivity contribution in [2.45, 2.75) is 13.8 Å². The van der Waals surface area contributed by atoms with Gasteiger partial charge in [0.25, 0.3) is 0 Å². The maximum atomic E-state index is 10.9. The molecule has 0 radical (unpaired) electrons. The molecule has 5 heteroatoms. The van der Waals surface area contributed by atoms with Crippen LogP contribution in [0.5, 0.6) is 0 Å². The normalized spacial score (nSPS) is 10.1. The molecular weight excluding hydrogens is 192 g/mol. The summed E-state index contributed by atoms with van der Waals surface area (Å²) in [6, 6.07) is 0. The summed E-state index contributed by atoms with van der Waals surface area (Å²) in [4.78, 5) is 21.0. The van der Waals surface area contributed by atoms with Crippen molar-refractivity contribution in [3.05, 3.63) is 0 Å². The van der Waals surface area contributed by atoms with Crippen LogP contribution in [0.2, 0.25) is 0 Å². The van der Waals surface area contributed by atoms with Crippen molar-refractivity contribution < 1.29 is 19.4 Å². The summed E-state index contributed by atoms with van der Waals surface area (Å²) in [7, 11) is 0. The van der Waals surface area contributed by atoms with E-state index in [1.807, 2.05) is 13.8 Å². The van der Waals surface area contributed by atoms with Gasteiger partial charge >= 0.3 is 11.9 Å². The summed E-state index contributed by atoms with van der Waals surface area (Å²) in [5, 5.41) is 8.27. The molecule has 0 aliphatic heterocycles. The van der Waals surface area contributed by atoms with Crippen LogP contribution in [0.25, 0.3) is 0 Å². The third kappa shape index (κ3) is 9.20. The fourth-order valence-electron chi connectivity index (χ4n) is 0.523. The van der Waals surface area contributed by atoms with E-state index in [-0.39, 0.29) is 17.5 Å². The summed E-state index contributed by atoms with van der Waals surface area (Å²) in [5.74, 6) is -0.898. The van der Waals surface area contributed by atoms with Gasteiger partial charge in [0, 0.05) is 0 Å². The Hall–Kier alpha value is -0.710. The lowest BCUT2D eigenvalue weighted by Gasteiger charge is -2.05. The highest BCUT2D eigenvalue weighted by Crippen LogP contribution is 2.01. The minimum absolute atomic E-state index is 0.0588. The molecule has 0 aromatic carbocycles. The van der Waals surface area contributed by atoms with Crippen molar-refractivity contribution in [1.82, 2.24) is 0 Å². The zero-order valence-corrected chi connectivity index (χ0v) is 8.60. The Balaban J connectivity index is 3.35. The fourth-order valence-corrected chi connectivity index (χ4v) is 1.05. The van der Waals surface area contributed by atoms with Crippen LogP contribution in [0, 0.1) is 5.92 Å². The van der Waals surface area contributed by atoms with Gasteiger partial charge in [0.05, 0.1) is 18.1 Å². The van der Waals surface area contributed by atoms with Crippen LogP contribution in [0.3, 0.4) is 0 Å². The Morgan fingerprint density at radius 2 is 2.00 bits per heavy atom. The lowest BCUT2D eigenvalue weighted by atomic mass is 10.2. The van der Waals surface area contributed by atoms with Crippen LogP contribution in [0.4, 0.5) is 0 Å². The highest BCUT2D eigenvalue weighted by Gasteiger charge is 2.05. The minimum Gasteiger partial charge on any atom is -0.481 e. The van der Waals surface area contributed by atoms with Gasteiger partial charge in [-0.05, 0) is 5.92 Å². The first-order valence-corrected chi connectivity index (χ1v) is 5.13. The van der Waals surface area contributed by atoms with E-state index in [1.165, 1.54) is 0 Å². The maximum absolute atomic E-state index is 10.9. The first-order valence-electron chi connectivity index (χ1n) is 3.97. The molecule has 0 saturated carbocycles. The molecule has 0 aromatic rings. The standard InChI is InChI=1S/C8H14O4S/c1-6(2)3-12-8(11)5-13-4-7(9)10/h6H,3-5H2,1-2H3,(H,9,10). The summed E-state index contributed by atoms with van der Waals surface area (Å²) in [6.45, 7) is 4.28. The number of carbonyl (C=O) groups is 2. The molecule has 0 atom stereocenters. The molecule has 1 N–H and O–H groups in total. The van der Waals surface area contributed by atoms with Crippen LogP contribution in [0.15, 0.2) is 0 Å². The van der Waals surface area contributed by atoms with E-state index in [1.54, 1.807) is 0 Å². The highest BCUT2D eigenvalue weighted by molar-refractivity contribution is 8.00. The molecule has 0 unspecified atom stereocenters. The second-order valence-electron chi connectivity index (χ2n) is 2.96. The number of aliphatic carboxylic acids is 1. The highest BCUT2D eigenvalue weighted by atomic mass is 32.2. The molecule has 0 amide bonds. The Bertz CT molecular complexity index is 179. The van der Waals surface area contributed by atoms with Crippen LogP contribution in [-0.2, 0) is 14.3 Å². The zero-order valence-electron chi connectivity index (χ0n) is 7.78. The number of rotatable bonds is 6. The number of ether oxygens (including phenoxy) is 1. The Kier molecular flexibility index (Phi) is 6.40. The average Bonchev–Trinajstić information content (AvgIpc) is 2.00. The first-order chi connectivity index (χ1) is 6.02. The second kappa shape index (κ2) is 6.77. The summed E-state index contributed by atoms with van der Waals surface area (Å²) in [6.07, 6.45) is 0. The number of esters is 1. The topological polar surface area (TPSA) is 63.6 Å². The van der Waals surface area contributed by atoms with Crippen molar-refractivity contribution >= 4 is 23.7 Å². The largest absolute Gasteiger partial charge is 0.481 e. The average molecular weight is 206 g/mol. The van der Waals surface area contributed by atoms with Gasteiger partial charge in [0.15, 0.2) is 0 Å². The Labute approximate surface area is 81.6 Å². The molecule has 0 fully saturated rings. The molecule has 0 aliphatic carbocycles. The van der Waals surface area contributed by atoms with E-state index in [0.29, 0.717) is 12.5 Å². The third-order valence-electron chi connectivity index (χ3n) is 1.02. The van der Waals surface area contributed by atoms with Gasteiger partial charge in [-0.1, -0.05) is 13.8 Å². The van der Waals surface area contributed by atoms with E-state index < -0.39 is 5.97 Å². The molecule has 4 nitrogen and oxygen atoms in total. The van der Waals surface area contributed by atoms with Gasteiger partial charge in [-0.25, -0.2) is 0 Å². The molecule has 0 heterocycles. The first kappa shape index (κ1) is 12.3. The lowest BCUT2D eigenvalue weighted by molar-refractivity contribution is -0.141. The molecule has 0 aliphatic rings. The lowest BCUT2D eigenvalue weighted by Crippen LogP contribution is -2.13. The summed E-state index contributed by atoms with van der Waals surface area (Å²) >= 11 is 1.05. The second-order valence-corrected chi connectivity index (χ2v) is 3.95. The van der Waals surface area contributed by atoms with Crippen molar-refractivity contribution in [1.29, 1.82) is 0 Å². The molecule has 0 spiro atoms. The van der Waals surface area contributed by atoms with Crippen molar-refractivity contribution in [2.24, 2.45) is 5.92 Å². The fraction of sp³-hybridized carbons (Fsp3) is 0.750. The van der Waals surface area contributed by atoms with Gasteiger partial charge in [-0.15, -0.1) is 11.8 Å². The molecule has 0 bridgehead atoms. The smallest absolute Gasteiger partial charge is 0.315 e. The van der Waals surface area contributed by atoms with E-state index in [4.69, 9.17) is 9.84 Å². The molecule has 13 heavy (non-hydrogen) atoms. The number of hydrogen-bond acceptors (Lipinski definition) is 4. The van der Waals surface area contributed by atoms with Crippen LogP contribution in [-0.4, -0.2) is 35.2 Å². The minimum atomic E-state index is -0.915. The van der Waals surface area contributed by atoms with E-state index in [9.17, 15) is 9.59 Å². The summed E-state index contributed by atoms with van der Waals surface area (Å²) in [5.41, 5.74) is 0. The van der Waals surface area contributed by atoms with Gasteiger partial charge in [-0.2, -0.15) is 0 Å². The van der Waals surface area contributed by atoms with Crippen LogP contribution >= 0.6 is 11.8 Å². The molecule has 76 valence electrons. The predicted octanol–water partition coefficient (Wildman–Crippen LogP) is 1.00. The Morgan fingerprint density at radius 1 is 1.38 bits per heavy atom. The van der Waals surface area contributed by atoms with Crippen molar-refractivity contribution in [3.8, 4) is 0 Å². The quantitative estimate of drug-likeness (QED) is 0.657. The predicted molar refractivity (Wildman–Crippen MR) is 50.8 cm³/mol. The third-order valence-corrected chi connectivity index (χ3v) is 1.91. The summed E-state index contributed by atoms with van der Waals surface area (Å²) < 4.78 is 4.83. The number of carboxylic acid groups (broad SMARTS) is 1. The van der Waals surface area contributed by atoms with Crippen molar-refractivity contribution in [2.75, 3.05) is 18.1 Å². The number of carbonyl (C=O) groups excluding carboxylic acids is 1. The number of carboxylic acids is 1. The van der Waals surface area contributed by atoms with Gasteiger partial charge < -0.3 is 9.84 Å². The zero-order chi connectivity index (χ0) is 10.3. The van der Waals surface area contributed by atoms with E-state index in [2.05, 4.69) is 0 Å². The van der Waals surface area contributed by atoms with Gasteiger partial charge in [-0.3, -0.25) is 9.59 Å². The number of thioether (sulfide) groups is 1. The molecule has 0 saturated heterocycles.